The topological polar surface area (TPSA) is 87.7 Å². The maximum Gasteiger partial charge on any atom is 0.323 e. The van der Waals surface area contributed by atoms with Crippen LogP contribution in [0.15, 0.2) is 0 Å². The van der Waals surface area contributed by atoms with Gasteiger partial charge >= 0.3 is 12.0 Å². The SMILES string of the molecule is CC[C@@H](C(=O)OC(C)(C)C)N1CCC([C@]2(C)NC(=O)NC2=O)CC1. The van der Waals surface area contributed by atoms with Gasteiger partial charge in [-0.2, -0.15) is 0 Å². The summed E-state index contributed by atoms with van der Waals surface area (Å²) in [5.74, 6) is -0.386. The van der Waals surface area contributed by atoms with E-state index < -0.39 is 17.2 Å². The van der Waals surface area contributed by atoms with E-state index in [0.29, 0.717) is 19.5 Å². The number of nitrogens with one attached hydrogen (secondary N) is 2. The highest BCUT2D eigenvalue weighted by Gasteiger charge is 2.49. The molecule has 0 aromatic heterocycles. The number of piperidine rings is 1. The molecule has 7 heteroatoms. The highest BCUT2D eigenvalue weighted by atomic mass is 16.6. The van der Waals surface area contributed by atoms with Gasteiger partial charge in [-0.25, -0.2) is 4.79 Å². The molecule has 2 fully saturated rings. The first-order chi connectivity index (χ1) is 11.1. The van der Waals surface area contributed by atoms with E-state index in [9.17, 15) is 14.4 Å². The summed E-state index contributed by atoms with van der Waals surface area (Å²) in [7, 11) is 0. The minimum absolute atomic E-state index is 0.0661. The van der Waals surface area contributed by atoms with Crippen LogP contribution in [0.4, 0.5) is 4.79 Å². The number of carbonyl (C=O) groups excluding carboxylic acids is 3. The third-order valence-corrected chi connectivity index (χ3v) is 4.92. The van der Waals surface area contributed by atoms with Crippen LogP contribution in [0.2, 0.25) is 0 Å². The van der Waals surface area contributed by atoms with Crippen molar-refractivity contribution in [1.82, 2.24) is 15.5 Å². The Hall–Kier alpha value is -1.63. The summed E-state index contributed by atoms with van der Waals surface area (Å²) in [6, 6.07) is -0.685. The number of amides is 3. The molecular weight excluding hydrogens is 310 g/mol. The number of imide groups is 1. The molecule has 0 aromatic carbocycles. The van der Waals surface area contributed by atoms with Crippen molar-refractivity contribution in [2.45, 2.75) is 71.1 Å². The van der Waals surface area contributed by atoms with Crippen LogP contribution in [0.25, 0.3) is 0 Å². The predicted molar refractivity (Wildman–Crippen MR) is 89.3 cm³/mol. The van der Waals surface area contributed by atoms with Gasteiger partial charge in [-0.05, 0) is 66.0 Å². The van der Waals surface area contributed by atoms with Crippen LogP contribution in [0.3, 0.4) is 0 Å². The van der Waals surface area contributed by atoms with Crippen LogP contribution in [-0.2, 0) is 14.3 Å². The fourth-order valence-corrected chi connectivity index (χ4v) is 3.58. The number of esters is 1. The van der Waals surface area contributed by atoms with Gasteiger partial charge in [-0.15, -0.1) is 0 Å². The lowest BCUT2D eigenvalue weighted by molar-refractivity contribution is -0.162. The monoisotopic (exact) mass is 339 g/mol. The second-order valence-electron chi connectivity index (χ2n) is 7.88. The Kier molecular flexibility index (Phi) is 5.22. The van der Waals surface area contributed by atoms with E-state index in [1.807, 2.05) is 27.7 Å². The van der Waals surface area contributed by atoms with Crippen LogP contribution in [0.1, 0.15) is 53.9 Å². The van der Waals surface area contributed by atoms with Gasteiger partial charge < -0.3 is 10.1 Å². The van der Waals surface area contributed by atoms with E-state index in [0.717, 1.165) is 12.8 Å². The van der Waals surface area contributed by atoms with Crippen molar-refractivity contribution in [3.63, 3.8) is 0 Å². The molecule has 3 amide bonds. The lowest BCUT2D eigenvalue weighted by atomic mass is 9.78. The molecule has 0 saturated carbocycles. The van der Waals surface area contributed by atoms with Crippen LogP contribution in [0.5, 0.6) is 0 Å². The fraction of sp³-hybridized carbons (Fsp3) is 0.824. The zero-order valence-corrected chi connectivity index (χ0v) is 15.3. The van der Waals surface area contributed by atoms with Gasteiger partial charge in [0.25, 0.3) is 5.91 Å². The fourth-order valence-electron chi connectivity index (χ4n) is 3.58. The Morgan fingerprint density at radius 3 is 2.33 bits per heavy atom. The highest BCUT2D eigenvalue weighted by Crippen LogP contribution is 2.31. The summed E-state index contributed by atoms with van der Waals surface area (Å²) in [4.78, 5) is 38.0. The number of rotatable bonds is 4. The quantitative estimate of drug-likeness (QED) is 0.597. The average Bonchev–Trinajstić information content (AvgIpc) is 2.72. The molecule has 2 atom stereocenters. The van der Waals surface area contributed by atoms with E-state index in [1.165, 1.54) is 0 Å². The van der Waals surface area contributed by atoms with Crippen molar-refractivity contribution >= 4 is 17.9 Å². The molecule has 0 radical (unpaired) electrons. The Bertz CT molecular complexity index is 520. The Morgan fingerprint density at radius 1 is 1.33 bits per heavy atom. The smallest absolute Gasteiger partial charge is 0.323 e. The normalized spacial score (nSPS) is 27.5. The summed E-state index contributed by atoms with van der Waals surface area (Å²) in [6.45, 7) is 10.8. The number of hydrogen-bond donors (Lipinski definition) is 2. The Labute approximate surface area is 143 Å². The first kappa shape index (κ1) is 18.7. The number of nitrogens with zero attached hydrogens (tertiary/aromatic N) is 1. The Morgan fingerprint density at radius 2 is 1.92 bits per heavy atom. The molecule has 2 aliphatic heterocycles. The lowest BCUT2D eigenvalue weighted by Crippen LogP contribution is -2.55. The van der Waals surface area contributed by atoms with Gasteiger partial charge in [0, 0.05) is 0 Å². The molecule has 0 aliphatic carbocycles. The maximum absolute atomic E-state index is 12.4. The lowest BCUT2D eigenvalue weighted by Gasteiger charge is -2.41. The van der Waals surface area contributed by atoms with Crippen LogP contribution < -0.4 is 10.6 Å². The van der Waals surface area contributed by atoms with Crippen molar-refractivity contribution in [3.8, 4) is 0 Å². The van der Waals surface area contributed by atoms with E-state index in [1.54, 1.807) is 6.92 Å². The molecule has 136 valence electrons. The highest BCUT2D eigenvalue weighted by molar-refractivity contribution is 6.06. The average molecular weight is 339 g/mol. The van der Waals surface area contributed by atoms with E-state index >= 15 is 0 Å². The van der Waals surface area contributed by atoms with Crippen LogP contribution in [0, 0.1) is 5.92 Å². The second kappa shape index (κ2) is 6.70. The van der Waals surface area contributed by atoms with Crippen molar-refractivity contribution in [3.05, 3.63) is 0 Å². The molecule has 0 spiro atoms. The van der Waals surface area contributed by atoms with E-state index in [2.05, 4.69) is 15.5 Å². The molecule has 0 bridgehead atoms. The zero-order chi connectivity index (χ0) is 18.1. The van der Waals surface area contributed by atoms with Crippen molar-refractivity contribution in [1.29, 1.82) is 0 Å². The number of urea groups is 1. The van der Waals surface area contributed by atoms with Crippen molar-refractivity contribution < 1.29 is 19.1 Å². The first-order valence-corrected chi connectivity index (χ1v) is 8.67. The minimum atomic E-state index is -0.850. The van der Waals surface area contributed by atoms with Crippen molar-refractivity contribution in [2.75, 3.05) is 13.1 Å². The number of ether oxygens (including phenoxy) is 1. The second-order valence-corrected chi connectivity index (χ2v) is 7.88. The van der Waals surface area contributed by atoms with Gasteiger partial charge in [0.2, 0.25) is 0 Å². The summed E-state index contributed by atoms with van der Waals surface area (Å²) in [5.41, 5.74) is -1.35. The number of likely N-dealkylation sites (tertiary alicyclic amines) is 1. The number of carbonyl (C=O) groups is 3. The Balaban J connectivity index is 1.97. The number of hydrogen-bond acceptors (Lipinski definition) is 5. The van der Waals surface area contributed by atoms with Gasteiger partial charge in [-0.3, -0.25) is 19.8 Å². The molecule has 0 aromatic rings. The van der Waals surface area contributed by atoms with Crippen LogP contribution >= 0.6 is 0 Å². The molecule has 2 saturated heterocycles. The minimum Gasteiger partial charge on any atom is -0.459 e. The molecule has 2 aliphatic rings. The zero-order valence-electron chi connectivity index (χ0n) is 15.3. The molecule has 0 unspecified atom stereocenters. The standard InChI is InChI=1S/C17H29N3O4/c1-6-12(13(21)24-16(2,3)4)20-9-7-11(8-10-20)17(5)14(22)18-15(23)19-17/h11-12H,6-10H2,1-5H3,(H2,18,19,22,23)/t12-,17-/m0/s1. The molecular formula is C17H29N3O4. The van der Waals surface area contributed by atoms with Crippen LogP contribution in [-0.4, -0.2) is 53.1 Å². The van der Waals surface area contributed by atoms with Gasteiger partial charge in [0.1, 0.15) is 17.2 Å². The third-order valence-electron chi connectivity index (χ3n) is 4.92. The van der Waals surface area contributed by atoms with E-state index in [-0.39, 0.29) is 23.8 Å². The molecule has 2 heterocycles. The predicted octanol–water partition coefficient (Wildman–Crippen LogP) is 1.42. The van der Waals surface area contributed by atoms with Gasteiger partial charge in [0.15, 0.2) is 0 Å². The summed E-state index contributed by atoms with van der Waals surface area (Å²) < 4.78 is 5.52. The summed E-state index contributed by atoms with van der Waals surface area (Å²) in [6.07, 6.45) is 2.20. The molecule has 2 N–H and O–H groups in total. The van der Waals surface area contributed by atoms with Gasteiger partial charge in [-0.1, -0.05) is 6.92 Å². The first-order valence-electron chi connectivity index (χ1n) is 8.67. The third kappa shape index (κ3) is 3.88. The van der Waals surface area contributed by atoms with E-state index in [4.69, 9.17) is 4.74 Å². The largest absolute Gasteiger partial charge is 0.459 e. The molecule has 7 nitrogen and oxygen atoms in total. The van der Waals surface area contributed by atoms with Crippen molar-refractivity contribution in [2.24, 2.45) is 5.92 Å². The molecule has 2 rings (SSSR count). The summed E-state index contributed by atoms with van der Waals surface area (Å²) in [5, 5.41) is 5.07. The summed E-state index contributed by atoms with van der Waals surface area (Å²) >= 11 is 0. The molecule has 24 heavy (non-hydrogen) atoms. The maximum atomic E-state index is 12.4. The van der Waals surface area contributed by atoms with Gasteiger partial charge in [0.05, 0.1) is 0 Å².